The molecule has 2 N–H and O–H groups in total. The number of carboxylic acid groups (broad SMARTS) is 2. The molecule has 74 valence electrons. The Labute approximate surface area is 74.7 Å². The molecule has 1 aliphatic heterocycles. The summed E-state index contributed by atoms with van der Waals surface area (Å²) in [5, 5.41) is 17.2. The number of likely N-dealkylation sites (N-methyl/N-ethyl adjacent to an activating group) is 1. The summed E-state index contributed by atoms with van der Waals surface area (Å²) in [7, 11) is 1.45. The molecular weight excluding hydrogens is 178 g/mol. The van der Waals surface area contributed by atoms with Crippen molar-refractivity contribution in [1.82, 2.24) is 4.90 Å². The molecule has 1 rings (SSSR count). The van der Waals surface area contributed by atoms with Gasteiger partial charge in [-0.2, -0.15) is 0 Å². The lowest BCUT2D eigenvalue weighted by Crippen LogP contribution is -2.44. The molecule has 0 bridgehead atoms. The molecule has 0 aromatic heterocycles. The third-order valence-corrected chi connectivity index (χ3v) is 1.82. The van der Waals surface area contributed by atoms with Crippen LogP contribution in [0.4, 0.5) is 0 Å². The van der Waals surface area contributed by atoms with Crippen molar-refractivity contribution in [2.24, 2.45) is 0 Å². The average Bonchev–Trinajstić information content (AvgIpc) is 2.68. The zero-order valence-electron chi connectivity index (χ0n) is 7.14. The smallest absolute Gasteiger partial charge is 0.323 e. The number of hydrogen-bond donors (Lipinski definition) is 2. The van der Waals surface area contributed by atoms with Crippen LogP contribution >= 0.6 is 0 Å². The van der Waals surface area contributed by atoms with Gasteiger partial charge < -0.3 is 14.9 Å². The Morgan fingerprint density at radius 3 is 2.46 bits per heavy atom. The fraction of sp³-hybridized carbons (Fsp3) is 0.714. The first-order valence-corrected chi connectivity index (χ1v) is 3.79. The maximum atomic E-state index is 10.7. The second kappa shape index (κ2) is 3.71. The summed E-state index contributed by atoms with van der Waals surface area (Å²) in [6.45, 7) is 0.0950. The van der Waals surface area contributed by atoms with E-state index in [1.54, 1.807) is 0 Å². The van der Waals surface area contributed by atoms with E-state index in [2.05, 4.69) is 0 Å². The number of hydrogen-bond acceptors (Lipinski definition) is 4. The lowest BCUT2D eigenvalue weighted by atomic mass is 10.2. The van der Waals surface area contributed by atoms with Gasteiger partial charge in [0.25, 0.3) is 0 Å². The van der Waals surface area contributed by atoms with Crippen LogP contribution in [-0.4, -0.2) is 59.4 Å². The van der Waals surface area contributed by atoms with Crippen molar-refractivity contribution in [2.75, 3.05) is 20.2 Å². The van der Waals surface area contributed by atoms with Gasteiger partial charge in [0.1, 0.15) is 12.1 Å². The third-order valence-electron chi connectivity index (χ3n) is 1.82. The molecule has 0 spiro atoms. The second-order valence-electron chi connectivity index (χ2n) is 2.96. The normalized spacial score (nSPS) is 22.8. The van der Waals surface area contributed by atoms with E-state index in [1.165, 1.54) is 11.9 Å². The average molecular weight is 189 g/mol. The minimum atomic E-state index is -1.05. The number of rotatable bonds is 5. The Balaban J connectivity index is 2.53. The molecule has 6 heteroatoms. The lowest BCUT2D eigenvalue weighted by Gasteiger charge is -2.20. The van der Waals surface area contributed by atoms with Gasteiger partial charge in [-0.3, -0.25) is 14.5 Å². The second-order valence-corrected chi connectivity index (χ2v) is 2.96. The third kappa shape index (κ3) is 2.67. The van der Waals surface area contributed by atoms with Gasteiger partial charge in [0, 0.05) is 0 Å². The van der Waals surface area contributed by atoms with Gasteiger partial charge in [-0.1, -0.05) is 0 Å². The van der Waals surface area contributed by atoms with E-state index >= 15 is 0 Å². The highest BCUT2D eigenvalue weighted by atomic mass is 16.6. The largest absolute Gasteiger partial charge is 0.480 e. The van der Waals surface area contributed by atoms with Crippen LogP contribution in [0.3, 0.4) is 0 Å². The molecule has 13 heavy (non-hydrogen) atoms. The predicted octanol–water partition coefficient (Wildman–Crippen LogP) is -1.15. The molecule has 0 amide bonds. The number of carboxylic acids is 2. The zero-order valence-corrected chi connectivity index (χ0v) is 7.14. The summed E-state index contributed by atoms with van der Waals surface area (Å²) in [5.41, 5.74) is 0. The fourth-order valence-electron chi connectivity index (χ4n) is 1.18. The monoisotopic (exact) mass is 189 g/mol. The molecule has 0 aliphatic carbocycles. The van der Waals surface area contributed by atoms with Crippen molar-refractivity contribution in [3.05, 3.63) is 0 Å². The van der Waals surface area contributed by atoms with Crippen LogP contribution in [0.5, 0.6) is 0 Å². The Kier molecular flexibility index (Phi) is 2.84. The highest BCUT2D eigenvalue weighted by molar-refractivity contribution is 5.76. The Morgan fingerprint density at radius 2 is 2.15 bits per heavy atom. The molecule has 0 radical (unpaired) electrons. The SMILES string of the molecule is CN(CC(=O)O)C(C(=O)O)C1CO1. The van der Waals surface area contributed by atoms with Crippen LogP contribution in [0.1, 0.15) is 0 Å². The van der Waals surface area contributed by atoms with E-state index in [-0.39, 0.29) is 12.6 Å². The predicted molar refractivity (Wildman–Crippen MR) is 41.4 cm³/mol. The quantitative estimate of drug-likeness (QED) is 0.531. The Hall–Kier alpha value is -1.14. The number of nitrogens with zero attached hydrogens (tertiary/aromatic N) is 1. The van der Waals surface area contributed by atoms with Gasteiger partial charge in [-0.05, 0) is 7.05 Å². The van der Waals surface area contributed by atoms with Gasteiger partial charge in [-0.15, -0.1) is 0 Å². The molecule has 1 fully saturated rings. The van der Waals surface area contributed by atoms with Crippen LogP contribution in [0.25, 0.3) is 0 Å². The van der Waals surface area contributed by atoms with E-state index in [4.69, 9.17) is 14.9 Å². The fourth-order valence-corrected chi connectivity index (χ4v) is 1.18. The van der Waals surface area contributed by atoms with Crippen LogP contribution in [-0.2, 0) is 14.3 Å². The summed E-state index contributed by atoms with van der Waals surface area (Å²) in [5.74, 6) is -2.10. The van der Waals surface area contributed by atoms with Gasteiger partial charge >= 0.3 is 11.9 Å². The van der Waals surface area contributed by atoms with E-state index in [1.807, 2.05) is 0 Å². The standard InChI is InChI=1S/C7H11NO5/c1-8(2-5(9)10)6(7(11)12)4-3-13-4/h4,6H,2-3H2,1H3,(H,9,10)(H,11,12). The van der Waals surface area contributed by atoms with Crippen LogP contribution in [0, 0.1) is 0 Å². The van der Waals surface area contributed by atoms with Gasteiger partial charge in [-0.25, -0.2) is 0 Å². The first-order chi connectivity index (χ1) is 6.02. The maximum absolute atomic E-state index is 10.7. The molecule has 0 aromatic carbocycles. The van der Waals surface area contributed by atoms with E-state index in [0.717, 1.165) is 0 Å². The van der Waals surface area contributed by atoms with Crippen LogP contribution in [0.2, 0.25) is 0 Å². The van der Waals surface area contributed by atoms with Gasteiger partial charge in [0.05, 0.1) is 13.2 Å². The van der Waals surface area contributed by atoms with Crippen LogP contribution < -0.4 is 0 Å². The number of carbonyl (C=O) groups is 2. The molecule has 1 saturated heterocycles. The van der Waals surface area contributed by atoms with Crippen molar-refractivity contribution in [3.8, 4) is 0 Å². The molecule has 2 unspecified atom stereocenters. The maximum Gasteiger partial charge on any atom is 0.323 e. The molecule has 1 aliphatic rings. The minimum Gasteiger partial charge on any atom is -0.480 e. The Morgan fingerprint density at radius 1 is 1.62 bits per heavy atom. The highest BCUT2D eigenvalue weighted by Crippen LogP contribution is 2.18. The summed E-state index contributed by atoms with van der Waals surface area (Å²) in [6, 6.07) is -0.851. The molecular formula is C7H11NO5. The van der Waals surface area contributed by atoms with Gasteiger partial charge in [0.2, 0.25) is 0 Å². The van der Waals surface area contributed by atoms with E-state index in [0.29, 0.717) is 6.61 Å². The molecule has 6 nitrogen and oxygen atoms in total. The van der Waals surface area contributed by atoms with E-state index < -0.39 is 18.0 Å². The highest BCUT2D eigenvalue weighted by Gasteiger charge is 2.41. The first-order valence-electron chi connectivity index (χ1n) is 3.79. The summed E-state index contributed by atoms with van der Waals surface area (Å²) < 4.78 is 4.82. The van der Waals surface area contributed by atoms with Gasteiger partial charge in [0.15, 0.2) is 0 Å². The van der Waals surface area contributed by atoms with E-state index in [9.17, 15) is 9.59 Å². The number of ether oxygens (including phenoxy) is 1. The first kappa shape index (κ1) is 9.94. The number of aliphatic carboxylic acids is 2. The van der Waals surface area contributed by atoms with Crippen molar-refractivity contribution in [3.63, 3.8) is 0 Å². The molecule has 2 atom stereocenters. The lowest BCUT2D eigenvalue weighted by molar-refractivity contribution is -0.146. The molecule has 0 aromatic rings. The topological polar surface area (TPSA) is 90.4 Å². The number of epoxide rings is 1. The molecule has 0 saturated carbocycles. The van der Waals surface area contributed by atoms with Crippen molar-refractivity contribution < 1.29 is 24.5 Å². The summed E-state index contributed by atoms with van der Waals surface area (Å²) >= 11 is 0. The zero-order chi connectivity index (χ0) is 10.0. The van der Waals surface area contributed by atoms with Crippen molar-refractivity contribution in [2.45, 2.75) is 12.1 Å². The van der Waals surface area contributed by atoms with Crippen LogP contribution in [0.15, 0.2) is 0 Å². The van der Waals surface area contributed by atoms with Crippen molar-refractivity contribution in [1.29, 1.82) is 0 Å². The summed E-state index contributed by atoms with van der Waals surface area (Å²) in [4.78, 5) is 22.2. The minimum absolute atomic E-state index is 0.295. The van der Waals surface area contributed by atoms with Crippen molar-refractivity contribution >= 4 is 11.9 Å². The summed E-state index contributed by atoms with van der Waals surface area (Å²) in [6.07, 6.45) is -0.359. The Bertz CT molecular complexity index is 225. The molecule has 1 heterocycles.